The first-order chi connectivity index (χ1) is 14.5. The number of halogens is 4. The second-order valence-electron chi connectivity index (χ2n) is 6.96. The van der Waals surface area contributed by atoms with Gasteiger partial charge in [-0.2, -0.15) is 0 Å². The van der Waals surface area contributed by atoms with Gasteiger partial charge in [-0.05, 0) is 41.0 Å². The summed E-state index contributed by atoms with van der Waals surface area (Å²) in [6, 6.07) is 13.9. The maximum atomic E-state index is 13.8. The van der Waals surface area contributed by atoms with Crippen LogP contribution in [-0.4, -0.2) is 14.8 Å². The maximum Gasteiger partial charge on any atom is 0.573 e. The number of primary sulfonamides is 1. The van der Waals surface area contributed by atoms with Crippen molar-refractivity contribution < 1.29 is 35.5 Å². The van der Waals surface area contributed by atoms with E-state index in [-0.39, 0.29) is 11.3 Å². The van der Waals surface area contributed by atoms with Gasteiger partial charge >= 0.3 is 6.36 Å². The highest BCUT2D eigenvalue weighted by Gasteiger charge is 2.36. The van der Waals surface area contributed by atoms with Crippen molar-refractivity contribution >= 4 is 10.0 Å². The Labute approximate surface area is 175 Å². The molecule has 162 valence electrons. The Balaban J connectivity index is 1.92. The fourth-order valence-electron chi connectivity index (χ4n) is 3.57. The quantitative estimate of drug-likeness (QED) is 0.583. The molecular weight excluding hydrogens is 438 g/mol. The molecule has 0 saturated heterocycles. The molecule has 1 heterocycles. The zero-order chi connectivity index (χ0) is 22.4. The smallest absolute Gasteiger partial charge is 0.480 e. The third kappa shape index (κ3) is 4.64. The molecule has 0 amide bonds. The number of sulfonamides is 1. The molecule has 0 bridgehead atoms. The molecule has 0 saturated carbocycles. The van der Waals surface area contributed by atoms with Gasteiger partial charge in [0.15, 0.2) is 0 Å². The van der Waals surface area contributed by atoms with E-state index in [1.165, 1.54) is 48.5 Å². The molecule has 1 aliphatic heterocycles. The van der Waals surface area contributed by atoms with Crippen molar-refractivity contribution in [3.8, 4) is 22.6 Å². The molecule has 5 nitrogen and oxygen atoms in total. The van der Waals surface area contributed by atoms with Gasteiger partial charge in [-0.1, -0.05) is 36.4 Å². The number of ether oxygens (including phenoxy) is 2. The molecule has 1 aliphatic rings. The average Bonchev–Trinajstić information content (AvgIpc) is 2.65. The molecule has 3 aromatic carbocycles. The van der Waals surface area contributed by atoms with Crippen LogP contribution in [0.4, 0.5) is 17.6 Å². The summed E-state index contributed by atoms with van der Waals surface area (Å²) in [5, 5.41) is 5.13. The highest BCUT2D eigenvalue weighted by molar-refractivity contribution is 7.88. The zero-order valence-electron chi connectivity index (χ0n) is 15.7. The number of benzene rings is 3. The number of rotatable bonds is 4. The summed E-state index contributed by atoms with van der Waals surface area (Å²) >= 11 is 0. The second kappa shape index (κ2) is 7.54. The van der Waals surface area contributed by atoms with Gasteiger partial charge in [0.25, 0.3) is 0 Å². The minimum absolute atomic E-state index is 0.0598. The Morgan fingerprint density at radius 2 is 1.77 bits per heavy atom. The molecular formula is C21H15F4NO4S. The van der Waals surface area contributed by atoms with Gasteiger partial charge in [-0.3, -0.25) is 0 Å². The topological polar surface area (TPSA) is 78.6 Å². The van der Waals surface area contributed by atoms with Crippen LogP contribution in [0.5, 0.6) is 11.5 Å². The zero-order valence-corrected chi connectivity index (χ0v) is 16.5. The van der Waals surface area contributed by atoms with E-state index in [1.807, 2.05) is 0 Å². The van der Waals surface area contributed by atoms with Crippen LogP contribution in [0.15, 0.2) is 60.7 Å². The number of alkyl halides is 3. The molecule has 3 aromatic rings. The molecule has 10 heteroatoms. The Morgan fingerprint density at radius 3 is 2.45 bits per heavy atom. The van der Waals surface area contributed by atoms with Crippen LogP contribution in [0.3, 0.4) is 0 Å². The van der Waals surface area contributed by atoms with Gasteiger partial charge in [-0.15, -0.1) is 13.2 Å². The first-order valence-electron chi connectivity index (χ1n) is 8.95. The fourth-order valence-corrected chi connectivity index (χ4v) is 4.22. The van der Waals surface area contributed by atoms with Crippen LogP contribution in [-0.2, 0) is 15.8 Å². The minimum Gasteiger partial charge on any atom is -0.480 e. The third-order valence-corrected chi connectivity index (χ3v) is 5.38. The molecule has 0 aromatic heterocycles. The van der Waals surface area contributed by atoms with Gasteiger partial charge in [0, 0.05) is 5.56 Å². The second-order valence-corrected chi connectivity index (χ2v) is 8.57. The van der Waals surface area contributed by atoms with Crippen molar-refractivity contribution in [3.05, 3.63) is 83.2 Å². The lowest BCUT2D eigenvalue weighted by molar-refractivity contribution is -0.274. The molecule has 0 spiro atoms. The van der Waals surface area contributed by atoms with Crippen LogP contribution in [0.2, 0.25) is 0 Å². The minimum atomic E-state index is -4.93. The van der Waals surface area contributed by atoms with Gasteiger partial charge in [0.05, 0.1) is 11.3 Å². The normalized spacial score (nSPS) is 15.6. The SMILES string of the molecule is NS(=O)(=O)Cc1ccc2c(c1)C(c1cccc(F)c1)Oc1cccc(OC(F)(F)F)c1-2. The molecule has 1 atom stereocenters. The lowest BCUT2D eigenvalue weighted by Crippen LogP contribution is -2.21. The van der Waals surface area contributed by atoms with E-state index in [0.717, 1.165) is 6.07 Å². The summed E-state index contributed by atoms with van der Waals surface area (Å²) in [6.45, 7) is 0. The maximum absolute atomic E-state index is 13.8. The van der Waals surface area contributed by atoms with E-state index in [1.54, 1.807) is 6.07 Å². The number of hydrogen-bond acceptors (Lipinski definition) is 4. The summed E-state index contributed by atoms with van der Waals surface area (Å²) in [4.78, 5) is 0. The van der Waals surface area contributed by atoms with E-state index >= 15 is 0 Å². The van der Waals surface area contributed by atoms with Crippen LogP contribution in [0.1, 0.15) is 22.8 Å². The number of hydrogen-bond donors (Lipinski definition) is 1. The third-order valence-electron chi connectivity index (χ3n) is 4.65. The van der Waals surface area contributed by atoms with Crippen LogP contribution < -0.4 is 14.6 Å². The van der Waals surface area contributed by atoms with E-state index in [2.05, 4.69) is 4.74 Å². The Bertz CT molecular complexity index is 1260. The summed E-state index contributed by atoms with van der Waals surface area (Å²) in [7, 11) is -3.86. The van der Waals surface area contributed by atoms with Crippen molar-refractivity contribution in [1.29, 1.82) is 0 Å². The molecule has 4 rings (SSSR count). The Hall–Kier alpha value is -3.11. The lowest BCUT2D eigenvalue weighted by atomic mass is 9.88. The monoisotopic (exact) mass is 453 g/mol. The molecule has 0 radical (unpaired) electrons. The van der Waals surface area contributed by atoms with Gasteiger partial charge in [-0.25, -0.2) is 17.9 Å². The molecule has 1 unspecified atom stereocenters. The predicted octanol–water partition coefficient (Wildman–Crippen LogP) is 4.66. The van der Waals surface area contributed by atoms with Gasteiger partial charge in [0.2, 0.25) is 10.0 Å². The van der Waals surface area contributed by atoms with Crippen LogP contribution >= 0.6 is 0 Å². The standard InChI is InChI=1S/C21H15F4NO4S/c22-14-4-1-3-13(10-14)20-16-9-12(11-31(26,27)28)7-8-15(16)19-17(29-20)5-2-6-18(19)30-21(23,24)25/h1-10,20H,11H2,(H2,26,27,28). The highest BCUT2D eigenvalue weighted by atomic mass is 32.2. The van der Waals surface area contributed by atoms with Crippen molar-refractivity contribution in [2.45, 2.75) is 18.2 Å². The molecule has 2 N–H and O–H groups in total. The van der Waals surface area contributed by atoms with E-state index in [0.29, 0.717) is 22.3 Å². The summed E-state index contributed by atoms with van der Waals surface area (Å²) in [6.07, 6.45) is -5.82. The Kier molecular flexibility index (Phi) is 5.14. The first kappa shape index (κ1) is 21.1. The van der Waals surface area contributed by atoms with Gasteiger partial charge < -0.3 is 9.47 Å². The number of fused-ring (bicyclic) bond motifs is 3. The van der Waals surface area contributed by atoms with Crippen molar-refractivity contribution in [1.82, 2.24) is 0 Å². The Morgan fingerprint density at radius 1 is 1.03 bits per heavy atom. The van der Waals surface area contributed by atoms with Crippen LogP contribution in [0.25, 0.3) is 11.1 Å². The largest absolute Gasteiger partial charge is 0.573 e. The predicted molar refractivity (Wildman–Crippen MR) is 104 cm³/mol. The summed E-state index contributed by atoms with van der Waals surface area (Å²) < 4.78 is 85.8. The van der Waals surface area contributed by atoms with E-state index < -0.39 is 39.8 Å². The van der Waals surface area contributed by atoms with E-state index in [4.69, 9.17) is 9.88 Å². The molecule has 0 aliphatic carbocycles. The highest BCUT2D eigenvalue weighted by Crippen LogP contribution is 2.50. The first-order valence-corrected chi connectivity index (χ1v) is 10.7. The fraction of sp³-hybridized carbons (Fsp3) is 0.143. The molecule has 0 fully saturated rings. The van der Waals surface area contributed by atoms with Crippen molar-refractivity contribution in [2.24, 2.45) is 5.14 Å². The van der Waals surface area contributed by atoms with Crippen molar-refractivity contribution in [2.75, 3.05) is 0 Å². The molecule has 31 heavy (non-hydrogen) atoms. The van der Waals surface area contributed by atoms with Gasteiger partial charge in [0.1, 0.15) is 23.4 Å². The number of nitrogens with two attached hydrogens (primary N) is 1. The van der Waals surface area contributed by atoms with Crippen LogP contribution in [0, 0.1) is 5.82 Å². The average molecular weight is 453 g/mol. The summed E-state index contributed by atoms with van der Waals surface area (Å²) in [5.74, 6) is -1.36. The summed E-state index contributed by atoms with van der Waals surface area (Å²) in [5.41, 5.74) is 1.47. The van der Waals surface area contributed by atoms with E-state index in [9.17, 15) is 26.0 Å². The van der Waals surface area contributed by atoms with Crippen molar-refractivity contribution in [3.63, 3.8) is 0 Å². The lowest BCUT2D eigenvalue weighted by Gasteiger charge is -2.31.